The number of nitro benzene ring substituents is 1. The van der Waals surface area contributed by atoms with Gasteiger partial charge < -0.3 is 9.64 Å². The van der Waals surface area contributed by atoms with Crippen LogP contribution in [0.1, 0.15) is 48.6 Å². The number of benzene rings is 2. The Labute approximate surface area is 160 Å². The predicted molar refractivity (Wildman–Crippen MR) is 105 cm³/mol. The van der Waals surface area contributed by atoms with E-state index in [0.717, 1.165) is 51.3 Å². The van der Waals surface area contributed by atoms with Crippen LogP contribution in [0.3, 0.4) is 0 Å². The molecular weight excluding hydrogens is 340 g/mol. The first kappa shape index (κ1) is 18.0. The van der Waals surface area contributed by atoms with Gasteiger partial charge in [-0.25, -0.2) is 0 Å². The molecule has 5 heteroatoms. The van der Waals surface area contributed by atoms with E-state index in [1.54, 1.807) is 12.1 Å². The highest BCUT2D eigenvalue weighted by Gasteiger charge is 2.24. The van der Waals surface area contributed by atoms with Gasteiger partial charge in [0.1, 0.15) is 5.75 Å². The fourth-order valence-electron chi connectivity index (χ4n) is 4.41. The number of hydrogen-bond donors (Lipinski definition) is 0. The lowest BCUT2D eigenvalue weighted by atomic mass is 9.88. The van der Waals surface area contributed by atoms with E-state index in [4.69, 9.17) is 4.74 Å². The first-order chi connectivity index (χ1) is 13.2. The normalized spacial score (nSPS) is 20.7. The number of fused-ring (bicyclic) bond motifs is 1. The van der Waals surface area contributed by atoms with Gasteiger partial charge in [0.05, 0.1) is 11.5 Å². The van der Waals surface area contributed by atoms with Gasteiger partial charge in [0.25, 0.3) is 5.69 Å². The smallest absolute Gasteiger partial charge is 0.269 e. The van der Waals surface area contributed by atoms with Crippen molar-refractivity contribution >= 4 is 5.69 Å². The van der Waals surface area contributed by atoms with Gasteiger partial charge in [-0.3, -0.25) is 10.1 Å². The molecule has 2 aliphatic heterocycles. The molecule has 0 aromatic heterocycles. The van der Waals surface area contributed by atoms with Gasteiger partial charge in [0.15, 0.2) is 0 Å². The molecule has 1 fully saturated rings. The molecule has 2 aromatic carbocycles. The van der Waals surface area contributed by atoms with E-state index in [9.17, 15) is 10.1 Å². The van der Waals surface area contributed by atoms with Crippen LogP contribution in [-0.4, -0.2) is 36.1 Å². The Bertz CT molecular complexity index is 782. The SMILES string of the molecule is O=[N+]([O-])c1ccc(C2CCN(CCC3CCOc4ccccc43)CC2)cc1. The van der Waals surface area contributed by atoms with Gasteiger partial charge in [-0.2, -0.15) is 0 Å². The molecule has 1 saturated heterocycles. The van der Waals surface area contributed by atoms with E-state index < -0.39 is 0 Å². The van der Waals surface area contributed by atoms with Gasteiger partial charge in [-0.15, -0.1) is 0 Å². The quantitative estimate of drug-likeness (QED) is 0.567. The predicted octanol–water partition coefficient (Wildman–Crippen LogP) is 4.73. The van der Waals surface area contributed by atoms with Crippen molar-refractivity contribution in [2.45, 2.75) is 37.5 Å². The van der Waals surface area contributed by atoms with Crippen LogP contribution in [0.4, 0.5) is 5.69 Å². The van der Waals surface area contributed by atoms with Gasteiger partial charge in [-0.1, -0.05) is 30.3 Å². The number of non-ortho nitro benzene ring substituents is 1. The molecule has 0 amide bonds. The molecule has 1 atom stereocenters. The van der Waals surface area contributed by atoms with E-state index >= 15 is 0 Å². The largest absolute Gasteiger partial charge is 0.493 e. The van der Waals surface area contributed by atoms with Gasteiger partial charge in [-0.05, 0) is 74.3 Å². The van der Waals surface area contributed by atoms with E-state index in [1.165, 1.54) is 17.5 Å². The molecule has 0 radical (unpaired) electrons. The van der Waals surface area contributed by atoms with Crippen LogP contribution < -0.4 is 4.74 Å². The van der Waals surface area contributed by atoms with Gasteiger partial charge in [0, 0.05) is 12.1 Å². The number of ether oxygens (including phenoxy) is 1. The fraction of sp³-hybridized carbons (Fsp3) is 0.455. The molecule has 1 unspecified atom stereocenters. The second-order valence-electron chi connectivity index (χ2n) is 7.63. The summed E-state index contributed by atoms with van der Waals surface area (Å²) in [4.78, 5) is 13.0. The third-order valence-corrected chi connectivity index (χ3v) is 6.04. The molecule has 2 aliphatic rings. The van der Waals surface area contributed by atoms with Crippen molar-refractivity contribution in [3.63, 3.8) is 0 Å². The van der Waals surface area contributed by atoms with Crippen LogP contribution in [0.5, 0.6) is 5.75 Å². The lowest BCUT2D eigenvalue weighted by Gasteiger charge is -2.34. The monoisotopic (exact) mass is 366 g/mol. The summed E-state index contributed by atoms with van der Waals surface area (Å²) in [5.74, 6) is 2.18. The van der Waals surface area contributed by atoms with E-state index in [2.05, 4.69) is 23.1 Å². The highest BCUT2D eigenvalue weighted by Crippen LogP contribution is 2.36. The molecule has 0 aliphatic carbocycles. The summed E-state index contributed by atoms with van der Waals surface area (Å²) >= 11 is 0. The maximum atomic E-state index is 10.8. The summed E-state index contributed by atoms with van der Waals surface area (Å²) < 4.78 is 5.78. The molecular formula is C22H26N2O3. The Morgan fingerprint density at radius 2 is 1.78 bits per heavy atom. The first-order valence-corrected chi connectivity index (χ1v) is 9.89. The number of para-hydroxylation sites is 1. The number of nitrogens with zero attached hydrogens (tertiary/aromatic N) is 2. The molecule has 0 bridgehead atoms. The summed E-state index contributed by atoms with van der Waals surface area (Å²) in [6.07, 6.45) is 4.54. The van der Waals surface area contributed by atoms with Crippen molar-refractivity contribution < 1.29 is 9.66 Å². The van der Waals surface area contributed by atoms with Crippen molar-refractivity contribution in [1.29, 1.82) is 0 Å². The standard InChI is InChI=1S/C22H26N2O3/c25-24(26)20-7-5-17(6-8-20)18-9-13-23(14-10-18)15-11-19-12-16-27-22-4-2-1-3-21(19)22/h1-8,18-19H,9-16H2. The molecule has 4 rings (SSSR count). The van der Waals surface area contributed by atoms with Crippen LogP contribution in [0, 0.1) is 10.1 Å². The van der Waals surface area contributed by atoms with Gasteiger partial charge in [0.2, 0.25) is 0 Å². The number of nitro groups is 1. The second kappa shape index (κ2) is 8.09. The average Bonchev–Trinajstić information content (AvgIpc) is 2.72. The summed E-state index contributed by atoms with van der Waals surface area (Å²) in [6, 6.07) is 15.6. The molecule has 0 spiro atoms. The minimum atomic E-state index is -0.333. The van der Waals surface area contributed by atoms with E-state index in [1.807, 2.05) is 18.2 Å². The van der Waals surface area contributed by atoms with Crippen LogP contribution in [0.25, 0.3) is 0 Å². The summed E-state index contributed by atoms with van der Waals surface area (Å²) in [7, 11) is 0. The summed E-state index contributed by atoms with van der Waals surface area (Å²) in [5, 5.41) is 10.8. The molecule has 2 aromatic rings. The molecule has 2 heterocycles. The van der Waals surface area contributed by atoms with Crippen LogP contribution in [-0.2, 0) is 0 Å². The summed E-state index contributed by atoms with van der Waals surface area (Å²) in [5.41, 5.74) is 2.77. The Kier molecular flexibility index (Phi) is 5.39. The fourth-order valence-corrected chi connectivity index (χ4v) is 4.41. The first-order valence-electron chi connectivity index (χ1n) is 9.89. The maximum absolute atomic E-state index is 10.8. The van der Waals surface area contributed by atoms with Crippen LogP contribution in [0.15, 0.2) is 48.5 Å². The third kappa shape index (κ3) is 4.14. The highest BCUT2D eigenvalue weighted by atomic mass is 16.6. The topological polar surface area (TPSA) is 55.6 Å². The molecule has 0 N–H and O–H groups in total. The van der Waals surface area contributed by atoms with E-state index in [0.29, 0.717) is 11.8 Å². The lowest BCUT2D eigenvalue weighted by Crippen LogP contribution is -2.34. The molecule has 27 heavy (non-hydrogen) atoms. The van der Waals surface area contributed by atoms with Gasteiger partial charge >= 0.3 is 0 Å². The molecule has 0 saturated carbocycles. The molecule has 142 valence electrons. The molecule has 5 nitrogen and oxygen atoms in total. The minimum absolute atomic E-state index is 0.174. The zero-order chi connectivity index (χ0) is 18.6. The van der Waals surface area contributed by atoms with Crippen LogP contribution in [0.2, 0.25) is 0 Å². The summed E-state index contributed by atoms with van der Waals surface area (Å²) in [6.45, 7) is 4.16. The van der Waals surface area contributed by atoms with Crippen molar-refractivity contribution in [2.24, 2.45) is 0 Å². The Hall–Kier alpha value is -2.40. The average molecular weight is 366 g/mol. The maximum Gasteiger partial charge on any atom is 0.269 e. The van der Waals surface area contributed by atoms with E-state index in [-0.39, 0.29) is 10.6 Å². The Morgan fingerprint density at radius 1 is 1.04 bits per heavy atom. The van der Waals surface area contributed by atoms with Crippen molar-refractivity contribution in [2.75, 3.05) is 26.2 Å². The third-order valence-electron chi connectivity index (χ3n) is 6.04. The Balaban J connectivity index is 1.28. The number of rotatable bonds is 5. The zero-order valence-electron chi connectivity index (χ0n) is 15.5. The number of piperidine rings is 1. The van der Waals surface area contributed by atoms with Crippen LogP contribution >= 0.6 is 0 Å². The van der Waals surface area contributed by atoms with Crippen molar-refractivity contribution in [1.82, 2.24) is 4.90 Å². The second-order valence-corrected chi connectivity index (χ2v) is 7.63. The minimum Gasteiger partial charge on any atom is -0.493 e. The lowest BCUT2D eigenvalue weighted by molar-refractivity contribution is -0.384. The number of likely N-dealkylation sites (tertiary alicyclic amines) is 1. The Morgan fingerprint density at radius 3 is 2.52 bits per heavy atom. The number of hydrogen-bond acceptors (Lipinski definition) is 4. The zero-order valence-corrected chi connectivity index (χ0v) is 15.5. The van der Waals surface area contributed by atoms with Crippen molar-refractivity contribution in [3.05, 3.63) is 69.8 Å². The highest BCUT2D eigenvalue weighted by molar-refractivity contribution is 5.37. The van der Waals surface area contributed by atoms with Crippen molar-refractivity contribution in [3.8, 4) is 5.75 Å².